The first-order valence-electron chi connectivity index (χ1n) is 11.8. The molecule has 0 unspecified atom stereocenters. The molecule has 1 aliphatic carbocycles. The van der Waals surface area contributed by atoms with Gasteiger partial charge in [-0.2, -0.15) is 0 Å². The Bertz CT molecular complexity index is 1210. The van der Waals surface area contributed by atoms with Gasteiger partial charge in [-0.1, -0.05) is 42.9 Å². The van der Waals surface area contributed by atoms with E-state index in [1.165, 1.54) is 11.8 Å². The second-order valence-corrected chi connectivity index (χ2v) is 10.8. The molecule has 2 saturated heterocycles. The van der Waals surface area contributed by atoms with Gasteiger partial charge in [0.05, 0.1) is 17.1 Å². The Balaban J connectivity index is 1.57. The number of thiocarbonyl (C=S) groups is 1. The molecule has 1 amide bonds. The van der Waals surface area contributed by atoms with Gasteiger partial charge in [-0.25, -0.2) is 4.98 Å². The summed E-state index contributed by atoms with van der Waals surface area (Å²) >= 11 is 6.84. The van der Waals surface area contributed by atoms with Crippen LogP contribution in [0.1, 0.15) is 36.8 Å². The van der Waals surface area contributed by atoms with Crippen LogP contribution in [0.4, 0.5) is 5.82 Å². The number of fused-ring (bicyclic) bond motifs is 1. The summed E-state index contributed by atoms with van der Waals surface area (Å²) in [7, 11) is 0. The number of amides is 1. The molecule has 180 valence electrons. The number of pyridine rings is 1. The predicted octanol–water partition coefficient (Wildman–Crippen LogP) is 2.26. The van der Waals surface area contributed by atoms with Gasteiger partial charge < -0.3 is 10.0 Å². The third-order valence-electron chi connectivity index (χ3n) is 6.94. The average molecular weight is 500 g/mol. The minimum absolute atomic E-state index is 0.102. The predicted molar refractivity (Wildman–Crippen MR) is 139 cm³/mol. The maximum atomic E-state index is 13.7. The van der Waals surface area contributed by atoms with Crippen LogP contribution in [-0.4, -0.2) is 79.9 Å². The molecule has 3 fully saturated rings. The number of anilines is 1. The Morgan fingerprint density at radius 3 is 2.65 bits per heavy atom. The van der Waals surface area contributed by atoms with E-state index in [0.29, 0.717) is 45.9 Å². The van der Waals surface area contributed by atoms with Crippen molar-refractivity contribution in [2.24, 2.45) is 0 Å². The van der Waals surface area contributed by atoms with Crippen molar-refractivity contribution in [2.45, 2.75) is 38.6 Å². The summed E-state index contributed by atoms with van der Waals surface area (Å²) in [5, 5.41) is 9.27. The fraction of sp³-hybridized carbons (Fsp3) is 0.500. The number of piperazine rings is 1. The Hall–Kier alpha value is -2.27. The highest BCUT2D eigenvalue weighted by molar-refractivity contribution is 8.26. The highest BCUT2D eigenvalue weighted by atomic mass is 32.2. The van der Waals surface area contributed by atoms with E-state index < -0.39 is 0 Å². The first kappa shape index (κ1) is 23.5. The normalized spacial score (nSPS) is 21.5. The molecule has 8 nitrogen and oxygen atoms in total. The van der Waals surface area contributed by atoms with Crippen molar-refractivity contribution in [3.05, 3.63) is 44.7 Å². The minimum atomic E-state index is -0.187. The number of aliphatic hydroxyl groups is 1. The van der Waals surface area contributed by atoms with E-state index in [2.05, 4.69) is 9.80 Å². The second-order valence-electron chi connectivity index (χ2n) is 9.08. The van der Waals surface area contributed by atoms with Crippen molar-refractivity contribution in [1.82, 2.24) is 19.2 Å². The van der Waals surface area contributed by atoms with Crippen LogP contribution >= 0.6 is 24.0 Å². The van der Waals surface area contributed by atoms with Crippen LogP contribution in [0.2, 0.25) is 0 Å². The van der Waals surface area contributed by atoms with Gasteiger partial charge in [0, 0.05) is 45.0 Å². The zero-order valence-electron chi connectivity index (χ0n) is 19.3. The van der Waals surface area contributed by atoms with Gasteiger partial charge in [-0.3, -0.25) is 23.8 Å². The Labute approximate surface area is 208 Å². The zero-order chi connectivity index (χ0) is 23.8. The fourth-order valence-corrected chi connectivity index (χ4v) is 6.46. The summed E-state index contributed by atoms with van der Waals surface area (Å²) in [4.78, 5) is 38.5. The van der Waals surface area contributed by atoms with Crippen LogP contribution in [0.5, 0.6) is 0 Å². The van der Waals surface area contributed by atoms with Crippen LogP contribution in [-0.2, 0) is 4.79 Å². The lowest BCUT2D eigenvalue weighted by Crippen LogP contribution is -2.48. The lowest BCUT2D eigenvalue weighted by Gasteiger charge is -2.35. The maximum absolute atomic E-state index is 13.7. The van der Waals surface area contributed by atoms with Crippen molar-refractivity contribution in [3.8, 4) is 0 Å². The molecule has 0 bridgehead atoms. The third-order valence-corrected chi connectivity index (χ3v) is 8.27. The van der Waals surface area contributed by atoms with Crippen LogP contribution in [0.25, 0.3) is 11.7 Å². The SMILES string of the molecule is Cc1cccn2c(=O)c(C=C3SC(=S)N(C4CCCC4)C3=O)c(N3CCN(CCO)CC3)nc12. The topological polar surface area (TPSA) is 81.4 Å². The molecule has 1 saturated carbocycles. The summed E-state index contributed by atoms with van der Waals surface area (Å²) in [5.74, 6) is 0.503. The zero-order valence-corrected chi connectivity index (χ0v) is 20.9. The van der Waals surface area contributed by atoms with Crippen molar-refractivity contribution < 1.29 is 9.90 Å². The van der Waals surface area contributed by atoms with Crippen molar-refractivity contribution >= 4 is 51.7 Å². The third kappa shape index (κ3) is 4.28. The van der Waals surface area contributed by atoms with Gasteiger partial charge in [0.25, 0.3) is 11.5 Å². The second kappa shape index (κ2) is 9.77. The average Bonchev–Trinajstić information content (AvgIpc) is 3.44. The Morgan fingerprint density at radius 1 is 1.21 bits per heavy atom. The van der Waals surface area contributed by atoms with Gasteiger partial charge >= 0.3 is 0 Å². The molecular weight excluding hydrogens is 470 g/mol. The standard InChI is InChI=1S/C24H29N5O3S2/c1-16-5-4-8-28-20(16)25-21(27-11-9-26(10-12-27)13-14-30)18(22(28)31)15-19-23(32)29(24(33)34-19)17-6-2-3-7-17/h4-5,8,15,17,30H,2-3,6-7,9-14H2,1H3. The van der Waals surface area contributed by atoms with E-state index >= 15 is 0 Å². The number of rotatable bonds is 5. The van der Waals surface area contributed by atoms with Crippen LogP contribution < -0.4 is 10.5 Å². The molecule has 1 N–H and O–H groups in total. The number of nitrogens with zero attached hydrogens (tertiary/aromatic N) is 5. The number of aryl methyl sites for hydroxylation is 1. The smallest absolute Gasteiger partial charge is 0.267 e. The first-order valence-corrected chi connectivity index (χ1v) is 13.1. The Kier molecular flexibility index (Phi) is 6.74. The number of hydrogen-bond donors (Lipinski definition) is 1. The van der Waals surface area contributed by atoms with E-state index in [1.807, 2.05) is 19.1 Å². The number of thioether (sulfide) groups is 1. The molecule has 0 spiro atoms. The van der Waals surface area contributed by atoms with E-state index in [4.69, 9.17) is 17.2 Å². The highest BCUT2D eigenvalue weighted by Gasteiger charge is 2.38. The van der Waals surface area contributed by atoms with E-state index in [0.717, 1.165) is 44.3 Å². The molecule has 0 radical (unpaired) electrons. The number of carbonyl (C=O) groups is 1. The van der Waals surface area contributed by atoms with Crippen LogP contribution in [0.3, 0.4) is 0 Å². The van der Waals surface area contributed by atoms with Gasteiger partial charge in [0.2, 0.25) is 0 Å². The first-order chi connectivity index (χ1) is 16.5. The summed E-state index contributed by atoms with van der Waals surface area (Å²) in [6, 6.07) is 3.94. The summed E-state index contributed by atoms with van der Waals surface area (Å²) < 4.78 is 2.14. The molecule has 10 heteroatoms. The highest BCUT2D eigenvalue weighted by Crippen LogP contribution is 2.38. The minimum Gasteiger partial charge on any atom is -0.395 e. The van der Waals surface area contributed by atoms with Gasteiger partial charge in [-0.15, -0.1) is 0 Å². The molecule has 2 aliphatic heterocycles. The largest absolute Gasteiger partial charge is 0.395 e. The van der Waals surface area contributed by atoms with Crippen molar-refractivity contribution in [2.75, 3.05) is 44.2 Å². The monoisotopic (exact) mass is 499 g/mol. The molecule has 2 aromatic rings. The number of β-amino-alcohol motifs (C(OH)–C–C–N with tert-alkyl or cyclic N) is 1. The van der Waals surface area contributed by atoms with Gasteiger partial charge in [-0.05, 0) is 37.5 Å². The molecule has 34 heavy (non-hydrogen) atoms. The Morgan fingerprint density at radius 2 is 1.94 bits per heavy atom. The molecule has 3 aliphatic rings. The molecule has 0 atom stereocenters. The number of aliphatic hydroxyl groups excluding tert-OH is 1. The van der Waals surface area contributed by atoms with Gasteiger partial charge in [0.1, 0.15) is 15.8 Å². The number of hydrogen-bond acceptors (Lipinski definition) is 8. The number of aromatic nitrogens is 2. The summed E-state index contributed by atoms with van der Waals surface area (Å²) in [6.45, 7) is 5.64. The summed E-state index contributed by atoms with van der Waals surface area (Å²) in [5.41, 5.74) is 1.77. The van der Waals surface area contributed by atoms with Crippen molar-refractivity contribution in [3.63, 3.8) is 0 Å². The molecule has 5 rings (SSSR count). The molecular formula is C24H29N5O3S2. The lowest BCUT2D eigenvalue weighted by molar-refractivity contribution is -0.123. The molecule has 0 aromatic carbocycles. The van der Waals surface area contributed by atoms with Crippen molar-refractivity contribution in [1.29, 1.82) is 0 Å². The van der Waals surface area contributed by atoms with E-state index in [1.54, 1.807) is 21.6 Å². The molecule has 4 heterocycles. The van der Waals surface area contributed by atoms with Gasteiger partial charge in [0.15, 0.2) is 0 Å². The maximum Gasteiger partial charge on any atom is 0.267 e. The quantitative estimate of drug-likeness (QED) is 0.496. The van der Waals surface area contributed by atoms with Crippen LogP contribution in [0.15, 0.2) is 28.0 Å². The van der Waals surface area contributed by atoms with E-state index in [9.17, 15) is 14.7 Å². The van der Waals surface area contributed by atoms with E-state index in [-0.39, 0.29) is 24.1 Å². The lowest BCUT2D eigenvalue weighted by atomic mass is 10.2. The fourth-order valence-electron chi connectivity index (χ4n) is 5.08. The molecule has 2 aromatic heterocycles. The number of carbonyl (C=O) groups excluding carboxylic acids is 1. The van der Waals surface area contributed by atoms with Crippen LogP contribution in [0, 0.1) is 6.92 Å². The summed E-state index contributed by atoms with van der Waals surface area (Å²) in [6.07, 6.45) is 7.60.